The fourth-order valence-electron chi connectivity index (χ4n) is 2.44. The van der Waals surface area contributed by atoms with Gasteiger partial charge in [0.2, 0.25) is 0 Å². The maximum Gasteiger partial charge on any atom is 0.261 e. The number of sulfonamides is 1. The standard InChI is InChI=1S/C20H16ClFN2O4S/c1-28-16-7-9-17(10-8-16)29(26,27)24-14-4-2-13(3-5-14)20(25)23-15-6-11-19(22)18(21)12-15/h2-12,24H,1H3,(H,23,25). The highest BCUT2D eigenvalue weighted by Gasteiger charge is 2.15. The average Bonchev–Trinajstić information content (AvgIpc) is 2.71. The summed E-state index contributed by atoms with van der Waals surface area (Å²) in [5.41, 5.74) is 0.922. The van der Waals surface area contributed by atoms with E-state index in [2.05, 4.69) is 10.0 Å². The van der Waals surface area contributed by atoms with E-state index in [1.165, 1.54) is 55.6 Å². The van der Waals surface area contributed by atoms with E-state index in [-0.39, 0.29) is 15.5 Å². The first kappa shape index (κ1) is 20.6. The van der Waals surface area contributed by atoms with E-state index in [4.69, 9.17) is 16.3 Å². The van der Waals surface area contributed by atoms with Crippen LogP contribution in [0.3, 0.4) is 0 Å². The number of halogens is 2. The van der Waals surface area contributed by atoms with E-state index in [1.807, 2.05) is 0 Å². The Morgan fingerprint density at radius 2 is 1.59 bits per heavy atom. The number of carbonyl (C=O) groups is 1. The number of carbonyl (C=O) groups excluding carboxylic acids is 1. The Bertz CT molecular complexity index is 1130. The first-order valence-corrected chi connectivity index (χ1v) is 10.2. The van der Waals surface area contributed by atoms with Crippen LogP contribution in [-0.4, -0.2) is 21.4 Å². The average molecular weight is 435 g/mol. The lowest BCUT2D eigenvalue weighted by atomic mass is 10.2. The van der Waals surface area contributed by atoms with Crippen molar-refractivity contribution in [3.8, 4) is 5.75 Å². The molecule has 29 heavy (non-hydrogen) atoms. The molecular formula is C20H16ClFN2O4S. The van der Waals surface area contributed by atoms with E-state index < -0.39 is 21.7 Å². The molecular weight excluding hydrogens is 419 g/mol. The van der Waals surface area contributed by atoms with Crippen molar-refractivity contribution >= 4 is 38.9 Å². The molecule has 9 heteroatoms. The second kappa shape index (κ2) is 8.50. The molecule has 1 amide bonds. The minimum Gasteiger partial charge on any atom is -0.497 e. The Hall–Kier alpha value is -3.10. The number of amides is 1. The lowest BCUT2D eigenvalue weighted by Gasteiger charge is -2.10. The number of benzene rings is 3. The van der Waals surface area contributed by atoms with Crippen LogP contribution in [0.4, 0.5) is 15.8 Å². The number of ether oxygens (including phenoxy) is 1. The molecule has 0 aliphatic carbocycles. The van der Waals surface area contributed by atoms with Crippen LogP contribution in [0.15, 0.2) is 71.6 Å². The summed E-state index contributed by atoms with van der Waals surface area (Å²) in [6.45, 7) is 0. The molecule has 150 valence electrons. The maximum absolute atomic E-state index is 13.2. The summed E-state index contributed by atoms with van der Waals surface area (Å²) in [6, 6.07) is 15.6. The van der Waals surface area contributed by atoms with Crippen LogP contribution in [0.2, 0.25) is 5.02 Å². The molecule has 0 saturated heterocycles. The largest absolute Gasteiger partial charge is 0.497 e. The molecule has 0 aliphatic rings. The fraction of sp³-hybridized carbons (Fsp3) is 0.0500. The highest BCUT2D eigenvalue weighted by molar-refractivity contribution is 7.92. The fourth-order valence-corrected chi connectivity index (χ4v) is 3.67. The van der Waals surface area contributed by atoms with Crippen molar-refractivity contribution in [1.82, 2.24) is 0 Å². The Kier molecular flexibility index (Phi) is 6.05. The van der Waals surface area contributed by atoms with Crippen LogP contribution >= 0.6 is 11.6 Å². The predicted molar refractivity (Wildman–Crippen MR) is 110 cm³/mol. The number of hydrogen-bond acceptors (Lipinski definition) is 4. The monoisotopic (exact) mass is 434 g/mol. The summed E-state index contributed by atoms with van der Waals surface area (Å²) in [6.07, 6.45) is 0. The van der Waals surface area contributed by atoms with Gasteiger partial charge < -0.3 is 10.1 Å². The van der Waals surface area contributed by atoms with Crippen molar-refractivity contribution in [2.75, 3.05) is 17.1 Å². The molecule has 0 bridgehead atoms. The molecule has 0 aromatic heterocycles. The number of nitrogens with one attached hydrogen (secondary N) is 2. The second-order valence-corrected chi connectivity index (χ2v) is 8.03. The summed E-state index contributed by atoms with van der Waals surface area (Å²) in [5, 5.41) is 2.48. The highest BCUT2D eigenvalue weighted by atomic mass is 35.5. The van der Waals surface area contributed by atoms with Gasteiger partial charge in [0.05, 0.1) is 17.0 Å². The van der Waals surface area contributed by atoms with Gasteiger partial charge in [-0.15, -0.1) is 0 Å². The van der Waals surface area contributed by atoms with Gasteiger partial charge in [-0.3, -0.25) is 9.52 Å². The molecule has 0 atom stereocenters. The number of hydrogen-bond donors (Lipinski definition) is 2. The summed E-state index contributed by atoms with van der Waals surface area (Å²) in [7, 11) is -2.29. The van der Waals surface area contributed by atoms with Crippen LogP contribution in [0.5, 0.6) is 5.75 Å². The van der Waals surface area contributed by atoms with Crippen molar-refractivity contribution in [2.24, 2.45) is 0 Å². The van der Waals surface area contributed by atoms with Gasteiger partial charge in [-0.2, -0.15) is 0 Å². The SMILES string of the molecule is COc1ccc(S(=O)(=O)Nc2ccc(C(=O)Nc3ccc(F)c(Cl)c3)cc2)cc1. The Labute approximate surface area is 172 Å². The van der Waals surface area contributed by atoms with E-state index in [1.54, 1.807) is 12.1 Å². The first-order chi connectivity index (χ1) is 13.8. The molecule has 0 heterocycles. The van der Waals surface area contributed by atoms with Gasteiger partial charge in [0, 0.05) is 16.9 Å². The first-order valence-electron chi connectivity index (χ1n) is 8.32. The van der Waals surface area contributed by atoms with Crippen LogP contribution in [0, 0.1) is 5.82 Å². The third-order valence-corrected chi connectivity index (χ3v) is 5.63. The Balaban J connectivity index is 1.70. The third kappa shape index (κ3) is 5.04. The maximum atomic E-state index is 13.2. The molecule has 0 unspecified atom stereocenters. The molecule has 6 nitrogen and oxygen atoms in total. The van der Waals surface area contributed by atoms with Gasteiger partial charge in [0.25, 0.3) is 15.9 Å². The zero-order chi connectivity index (χ0) is 21.0. The number of rotatable bonds is 6. The lowest BCUT2D eigenvalue weighted by Crippen LogP contribution is -2.14. The van der Waals surface area contributed by atoms with E-state index in [0.717, 1.165) is 6.07 Å². The van der Waals surface area contributed by atoms with Crippen molar-refractivity contribution < 1.29 is 22.3 Å². The molecule has 0 saturated carbocycles. The smallest absolute Gasteiger partial charge is 0.261 e. The van der Waals surface area contributed by atoms with E-state index in [9.17, 15) is 17.6 Å². The summed E-state index contributed by atoms with van der Waals surface area (Å²) in [5.74, 6) is -0.489. The van der Waals surface area contributed by atoms with Crippen LogP contribution in [-0.2, 0) is 10.0 Å². The Morgan fingerprint density at radius 3 is 2.17 bits per heavy atom. The molecule has 0 radical (unpaired) electrons. The quantitative estimate of drug-likeness (QED) is 0.596. The van der Waals surface area contributed by atoms with E-state index in [0.29, 0.717) is 17.1 Å². The van der Waals surface area contributed by atoms with Crippen LogP contribution < -0.4 is 14.8 Å². The molecule has 0 fully saturated rings. The van der Waals surface area contributed by atoms with Gasteiger partial charge in [0.1, 0.15) is 11.6 Å². The zero-order valence-corrected chi connectivity index (χ0v) is 16.7. The molecule has 2 N–H and O–H groups in total. The second-order valence-electron chi connectivity index (χ2n) is 5.94. The number of anilines is 2. The summed E-state index contributed by atoms with van der Waals surface area (Å²) >= 11 is 5.69. The van der Waals surface area contributed by atoms with Crippen molar-refractivity contribution in [3.05, 3.63) is 83.1 Å². The molecule has 3 aromatic carbocycles. The summed E-state index contributed by atoms with van der Waals surface area (Å²) < 4.78 is 45.5. The van der Waals surface area contributed by atoms with Crippen LogP contribution in [0.25, 0.3) is 0 Å². The minimum atomic E-state index is -3.79. The predicted octanol–water partition coefficient (Wildman–Crippen LogP) is 4.54. The number of methoxy groups -OCH3 is 1. The van der Waals surface area contributed by atoms with Crippen molar-refractivity contribution in [3.63, 3.8) is 0 Å². The van der Waals surface area contributed by atoms with Crippen molar-refractivity contribution in [1.29, 1.82) is 0 Å². The van der Waals surface area contributed by atoms with Crippen molar-refractivity contribution in [2.45, 2.75) is 4.90 Å². The van der Waals surface area contributed by atoms with Crippen LogP contribution in [0.1, 0.15) is 10.4 Å². The van der Waals surface area contributed by atoms with Gasteiger partial charge in [0.15, 0.2) is 0 Å². The van der Waals surface area contributed by atoms with Gasteiger partial charge in [-0.1, -0.05) is 11.6 Å². The van der Waals surface area contributed by atoms with Gasteiger partial charge >= 0.3 is 0 Å². The minimum absolute atomic E-state index is 0.0771. The Morgan fingerprint density at radius 1 is 0.966 bits per heavy atom. The molecule has 0 spiro atoms. The van der Waals surface area contributed by atoms with Gasteiger partial charge in [-0.05, 0) is 66.7 Å². The zero-order valence-electron chi connectivity index (χ0n) is 15.1. The topological polar surface area (TPSA) is 84.5 Å². The molecule has 3 aromatic rings. The highest BCUT2D eigenvalue weighted by Crippen LogP contribution is 2.21. The third-order valence-electron chi connectivity index (χ3n) is 3.95. The van der Waals surface area contributed by atoms with E-state index >= 15 is 0 Å². The normalized spacial score (nSPS) is 11.0. The molecule has 0 aliphatic heterocycles. The van der Waals surface area contributed by atoms with Gasteiger partial charge in [-0.25, -0.2) is 12.8 Å². The molecule has 3 rings (SSSR count). The summed E-state index contributed by atoms with van der Waals surface area (Å²) in [4.78, 5) is 12.4. The lowest BCUT2D eigenvalue weighted by molar-refractivity contribution is 0.102.